The molecule has 134 valence electrons. The lowest BCUT2D eigenvalue weighted by Gasteiger charge is -2.11. The Morgan fingerprint density at radius 3 is 2.70 bits per heavy atom. The molecule has 0 fully saturated rings. The van der Waals surface area contributed by atoms with Gasteiger partial charge in [0.1, 0.15) is 5.82 Å². The third kappa shape index (κ3) is 3.37. The average Bonchev–Trinajstić information content (AvgIpc) is 3.35. The summed E-state index contributed by atoms with van der Waals surface area (Å²) in [6, 6.07) is 15.5. The first kappa shape index (κ1) is 16.8. The van der Waals surface area contributed by atoms with Gasteiger partial charge in [-0.1, -0.05) is 18.2 Å². The van der Waals surface area contributed by atoms with Crippen molar-refractivity contribution in [1.82, 2.24) is 9.55 Å². The zero-order chi connectivity index (χ0) is 18.8. The second kappa shape index (κ2) is 6.92. The van der Waals surface area contributed by atoms with Gasteiger partial charge >= 0.3 is 0 Å². The number of rotatable bonds is 4. The quantitative estimate of drug-likeness (QED) is 0.566. The Morgan fingerprint density at radius 1 is 1.11 bits per heavy atom. The van der Waals surface area contributed by atoms with E-state index in [1.54, 1.807) is 12.1 Å². The fourth-order valence-electron chi connectivity index (χ4n) is 2.84. The molecule has 2 aromatic carbocycles. The number of hydrogen-bond donors (Lipinski definition) is 1. The van der Waals surface area contributed by atoms with Crippen molar-refractivity contribution in [3.63, 3.8) is 0 Å². The fraction of sp³-hybridized carbons (Fsp3) is 0.0476. The largest absolute Gasteiger partial charge is 0.443 e. The molecule has 0 aliphatic carbocycles. The van der Waals surface area contributed by atoms with Crippen molar-refractivity contribution in [2.24, 2.45) is 0 Å². The number of aryl methyl sites for hydroxylation is 1. The van der Waals surface area contributed by atoms with E-state index in [1.165, 1.54) is 18.5 Å². The third-order valence-corrected chi connectivity index (χ3v) is 4.24. The van der Waals surface area contributed by atoms with Gasteiger partial charge in [-0.05, 0) is 48.9 Å². The number of carbonyl (C=O) groups excluding carboxylic acids is 1. The Labute approximate surface area is 155 Å². The first-order valence-electron chi connectivity index (χ1n) is 8.36. The number of nitrogens with one attached hydrogen (secondary N) is 1. The predicted molar refractivity (Wildman–Crippen MR) is 100 cm³/mol. The van der Waals surface area contributed by atoms with Crippen LogP contribution in [0.1, 0.15) is 16.1 Å². The van der Waals surface area contributed by atoms with Gasteiger partial charge in [0.15, 0.2) is 17.8 Å². The highest BCUT2D eigenvalue weighted by molar-refractivity contribution is 6.06. The Bertz CT molecular complexity index is 1100. The molecule has 6 heteroatoms. The van der Waals surface area contributed by atoms with E-state index >= 15 is 0 Å². The van der Waals surface area contributed by atoms with Crippen LogP contribution >= 0.6 is 0 Å². The van der Waals surface area contributed by atoms with E-state index in [0.29, 0.717) is 11.3 Å². The maximum absolute atomic E-state index is 13.5. The number of aromatic nitrogens is 2. The molecule has 0 spiro atoms. The van der Waals surface area contributed by atoms with E-state index in [4.69, 9.17) is 4.42 Å². The van der Waals surface area contributed by atoms with Gasteiger partial charge in [-0.15, -0.1) is 0 Å². The zero-order valence-electron chi connectivity index (χ0n) is 14.5. The molecule has 0 saturated heterocycles. The lowest BCUT2D eigenvalue weighted by atomic mass is 10.1. The highest BCUT2D eigenvalue weighted by Crippen LogP contribution is 2.26. The van der Waals surface area contributed by atoms with Crippen LogP contribution in [0.4, 0.5) is 10.1 Å². The standard InChI is InChI=1S/C21H16FN3O2/c1-14-7-8-17(25-9-2-3-10-25)12-18(14)24-21(26)19-20(27-13-23-19)15-5-4-6-16(22)11-15/h2-13H,1H3,(H,24,26). The van der Waals surface area contributed by atoms with Crippen LogP contribution in [0.3, 0.4) is 0 Å². The van der Waals surface area contributed by atoms with Gasteiger partial charge < -0.3 is 14.3 Å². The molecule has 0 aliphatic heterocycles. The summed E-state index contributed by atoms with van der Waals surface area (Å²) in [4.78, 5) is 16.8. The number of oxazole rings is 1. The molecule has 0 radical (unpaired) electrons. The summed E-state index contributed by atoms with van der Waals surface area (Å²) in [6.07, 6.45) is 5.03. The lowest BCUT2D eigenvalue weighted by molar-refractivity contribution is 0.102. The molecule has 2 heterocycles. The number of hydrogen-bond acceptors (Lipinski definition) is 3. The molecule has 1 amide bonds. The molecule has 0 unspecified atom stereocenters. The first-order chi connectivity index (χ1) is 13.1. The van der Waals surface area contributed by atoms with Crippen molar-refractivity contribution in [3.8, 4) is 17.0 Å². The second-order valence-electron chi connectivity index (χ2n) is 6.08. The van der Waals surface area contributed by atoms with Crippen LogP contribution in [0, 0.1) is 12.7 Å². The summed E-state index contributed by atoms with van der Waals surface area (Å²) in [5.41, 5.74) is 3.06. The lowest BCUT2D eigenvalue weighted by Crippen LogP contribution is -2.14. The van der Waals surface area contributed by atoms with Crippen LogP contribution in [0.15, 0.2) is 77.8 Å². The topological polar surface area (TPSA) is 60.1 Å². The van der Waals surface area contributed by atoms with Crippen LogP contribution in [0.5, 0.6) is 0 Å². The van der Waals surface area contributed by atoms with Crippen LogP contribution in [-0.2, 0) is 0 Å². The third-order valence-electron chi connectivity index (χ3n) is 4.24. The van der Waals surface area contributed by atoms with Crippen LogP contribution < -0.4 is 5.32 Å². The maximum atomic E-state index is 13.5. The monoisotopic (exact) mass is 361 g/mol. The summed E-state index contributed by atoms with van der Waals surface area (Å²) >= 11 is 0. The van der Waals surface area contributed by atoms with E-state index < -0.39 is 11.7 Å². The molecule has 0 aliphatic rings. The summed E-state index contributed by atoms with van der Waals surface area (Å²) in [6.45, 7) is 1.91. The van der Waals surface area contributed by atoms with E-state index in [9.17, 15) is 9.18 Å². The minimum absolute atomic E-state index is 0.103. The number of amides is 1. The summed E-state index contributed by atoms with van der Waals surface area (Å²) < 4.78 is 20.8. The molecule has 1 N–H and O–H groups in total. The Hall–Kier alpha value is -3.67. The predicted octanol–water partition coefficient (Wildman–Crippen LogP) is 4.83. The number of benzene rings is 2. The summed E-state index contributed by atoms with van der Waals surface area (Å²) in [7, 11) is 0. The maximum Gasteiger partial charge on any atom is 0.278 e. The molecule has 27 heavy (non-hydrogen) atoms. The highest BCUT2D eigenvalue weighted by atomic mass is 19.1. The van der Waals surface area contributed by atoms with Crippen LogP contribution in [-0.4, -0.2) is 15.5 Å². The zero-order valence-corrected chi connectivity index (χ0v) is 14.5. The summed E-state index contributed by atoms with van der Waals surface area (Å²) in [5.74, 6) is -0.604. The van der Waals surface area contributed by atoms with Crippen LogP contribution in [0.25, 0.3) is 17.0 Å². The normalized spacial score (nSPS) is 10.7. The molecule has 0 saturated carbocycles. The van der Waals surface area contributed by atoms with Crippen molar-refractivity contribution < 1.29 is 13.6 Å². The Balaban J connectivity index is 1.64. The van der Waals surface area contributed by atoms with Crippen molar-refractivity contribution in [2.75, 3.05) is 5.32 Å². The van der Waals surface area contributed by atoms with Crippen molar-refractivity contribution in [3.05, 3.63) is 90.5 Å². The molecular weight excluding hydrogens is 345 g/mol. The number of nitrogens with zero attached hydrogens (tertiary/aromatic N) is 2. The molecule has 4 aromatic rings. The van der Waals surface area contributed by atoms with Gasteiger partial charge in [-0.25, -0.2) is 9.37 Å². The van der Waals surface area contributed by atoms with Gasteiger partial charge in [0.2, 0.25) is 0 Å². The van der Waals surface area contributed by atoms with Gasteiger partial charge in [-0.2, -0.15) is 0 Å². The van der Waals surface area contributed by atoms with Crippen LogP contribution in [0.2, 0.25) is 0 Å². The molecule has 0 atom stereocenters. The van der Waals surface area contributed by atoms with Gasteiger partial charge in [0, 0.05) is 29.3 Å². The van der Waals surface area contributed by atoms with E-state index in [1.807, 2.05) is 54.2 Å². The smallest absolute Gasteiger partial charge is 0.278 e. The van der Waals surface area contributed by atoms with Gasteiger partial charge in [0.05, 0.1) is 0 Å². The van der Waals surface area contributed by atoms with Gasteiger partial charge in [0.25, 0.3) is 5.91 Å². The Kier molecular flexibility index (Phi) is 4.30. The SMILES string of the molecule is Cc1ccc(-n2cccc2)cc1NC(=O)c1ncoc1-c1cccc(F)c1. The molecule has 0 bridgehead atoms. The molecule has 5 nitrogen and oxygen atoms in total. The number of anilines is 1. The van der Waals surface area contributed by atoms with E-state index in [-0.39, 0.29) is 11.5 Å². The van der Waals surface area contributed by atoms with E-state index in [2.05, 4.69) is 10.3 Å². The second-order valence-corrected chi connectivity index (χ2v) is 6.08. The fourth-order valence-corrected chi connectivity index (χ4v) is 2.84. The highest BCUT2D eigenvalue weighted by Gasteiger charge is 2.19. The Morgan fingerprint density at radius 2 is 1.93 bits per heavy atom. The number of carbonyl (C=O) groups is 1. The minimum atomic E-state index is -0.421. The minimum Gasteiger partial charge on any atom is -0.443 e. The summed E-state index contributed by atoms with van der Waals surface area (Å²) in [5, 5.41) is 2.87. The van der Waals surface area contributed by atoms with Gasteiger partial charge in [-0.3, -0.25) is 4.79 Å². The number of halogens is 1. The molecular formula is C21H16FN3O2. The van der Waals surface area contributed by atoms with Crippen molar-refractivity contribution in [1.29, 1.82) is 0 Å². The van der Waals surface area contributed by atoms with E-state index in [0.717, 1.165) is 11.3 Å². The molecule has 4 rings (SSSR count). The van der Waals surface area contributed by atoms with Crippen molar-refractivity contribution >= 4 is 11.6 Å². The average molecular weight is 361 g/mol. The molecule has 2 aromatic heterocycles. The van der Waals surface area contributed by atoms with Crippen molar-refractivity contribution in [2.45, 2.75) is 6.92 Å². The first-order valence-corrected chi connectivity index (χ1v) is 8.36.